The Hall–Kier alpha value is -0.130. The van der Waals surface area contributed by atoms with Crippen LogP contribution in [0.3, 0.4) is 0 Å². The first-order chi connectivity index (χ1) is 8.18. The molecule has 0 aliphatic heterocycles. The smallest absolute Gasteiger partial charge is 0.329 e. The second-order valence-corrected chi connectivity index (χ2v) is 4.21. The predicted octanol–water partition coefficient (Wildman–Crippen LogP) is -2.47. The summed E-state index contributed by atoms with van der Waals surface area (Å²) in [4.78, 5) is 0. The highest BCUT2D eigenvalue weighted by molar-refractivity contribution is 7.48. The molecule has 0 aliphatic carbocycles. The van der Waals surface area contributed by atoms with E-state index in [1.807, 2.05) is 0 Å². The van der Waals surface area contributed by atoms with Gasteiger partial charge in [0.2, 0.25) is 0 Å². The molecule has 0 saturated heterocycles. The quantitative estimate of drug-likeness (QED) is 0.128. The third-order valence-corrected chi connectivity index (χ3v) is 2.33. The maximum absolute atomic E-state index is 11.9. The monoisotopic (exact) mass is 272 g/mol. The highest BCUT2D eigenvalue weighted by Crippen LogP contribution is 2.45. The van der Waals surface area contributed by atoms with Gasteiger partial charge in [-0.15, -0.1) is 0 Å². The topological polar surface area (TPSA) is 159 Å². The van der Waals surface area contributed by atoms with E-state index in [0.29, 0.717) is 39.3 Å². The molecule has 0 unspecified atom stereocenters. The highest BCUT2D eigenvalue weighted by atomic mass is 31.2. The van der Waals surface area contributed by atoms with Crippen molar-refractivity contribution in [1.29, 1.82) is 0 Å². The van der Waals surface area contributed by atoms with Gasteiger partial charge in [-0.3, -0.25) is 0 Å². The number of hydroxylamine groups is 3. The van der Waals surface area contributed by atoms with E-state index in [9.17, 15) is 4.57 Å². The van der Waals surface area contributed by atoms with Crippen LogP contribution >= 0.6 is 7.82 Å². The lowest BCUT2D eigenvalue weighted by atomic mass is 10.7. The van der Waals surface area contributed by atoms with Gasteiger partial charge >= 0.3 is 7.82 Å². The van der Waals surface area contributed by atoms with Crippen molar-refractivity contribution in [1.82, 2.24) is 16.4 Å². The summed E-state index contributed by atoms with van der Waals surface area (Å²) in [6, 6.07) is 0. The van der Waals surface area contributed by atoms with Gasteiger partial charge in [-0.05, 0) is 0 Å². The van der Waals surface area contributed by atoms with Crippen molar-refractivity contribution in [2.45, 2.75) is 0 Å². The van der Waals surface area contributed by atoms with Gasteiger partial charge in [0.1, 0.15) is 0 Å². The molecule has 0 rings (SSSR count). The second kappa shape index (κ2) is 11.0. The molecule has 104 valence electrons. The van der Waals surface area contributed by atoms with Crippen molar-refractivity contribution in [2.24, 2.45) is 17.2 Å². The molecule has 10 nitrogen and oxygen atoms in total. The van der Waals surface area contributed by atoms with E-state index >= 15 is 0 Å². The minimum atomic E-state index is -3.81. The van der Waals surface area contributed by atoms with Crippen LogP contribution in [0, 0.1) is 0 Å². The standard InChI is InChI=1S/C6H21N6O4P/c7-1-4-10-14-17(13,15-11-5-2-8)16-12-6-3-9/h10-12H,1-9H2. The number of nitrogens with one attached hydrogen (secondary N) is 3. The summed E-state index contributed by atoms with van der Waals surface area (Å²) in [5.74, 6) is 0. The zero-order valence-corrected chi connectivity index (χ0v) is 10.4. The van der Waals surface area contributed by atoms with Gasteiger partial charge < -0.3 is 17.2 Å². The van der Waals surface area contributed by atoms with E-state index in [1.54, 1.807) is 0 Å². The first-order valence-electron chi connectivity index (χ1n) is 5.13. The van der Waals surface area contributed by atoms with Crippen LogP contribution < -0.4 is 33.6 Å². The van der Waals surface area contributed by atoms with E-state index in [-0.39, 0.29) is 0 Å². The Morgan fingerprint density at radius 3 is 1.29 bits per heavy atom. The molecule has 0 amide bonds. The summed E-state index contributed by atoms with van der Waals surface area (Å²) in [6.45, 7) is 1.82. The van der Waals surface area contributed by atoms with Crippen LogP contribution in [0.1, 0.15) is 0 Å². The summed E-state index contributed by atoms with van der Waals surface area (Å²) < 4.78 is 26.1. The third-order valence-electron chi connectivity index (χ3n) is 1.27. The molecule has 0 saturated carbocycles. The Morgan fingerprint density at radius 1 is 0.765 bits per heavy atom. The molecule has 17 heavy (non-hydrogen) atoms. The number of hydrogen-bond donors (Lipinski definition) is 6. The van der Waals surface area contributed by atoms with Crippen molar-refractivity contribution >= 4 is 7.82 Å². The van der Waals surface area contributed by atoms with Crippen LogP contribution in [0.4, 0.5) is 0 Å². The van der Waals surface area contributed by atoms with E-state index in [2.05, 4.69) is 16.4 Å². The Morgan fingerprint density at radius 2 is 1.06 bits per heavy atom. The van der Waals surface area contributed by atoms with Crippen LogP contribution in [0.15, 0.2) is 0 Å². The zero-order chi connectivity index (χ0) is 13.0. The van der Waals surface area contributed by atoms with Crippen molar-refractivity contribution in [3.63, 3.8) is 0 Å². The van der Waals surface area contributed by atoms with Crippen molar-refractivity contribution in [2.75, 3.05) is 39.3 Å². The highest BCUT2D eigenvalue weighted by Gasteiger charge is 2.28. The van der Waals surface area contributed by atoms with E-state index in [4.69, 9.17) is 31.1 Å². The van der Waals surface area contributed by atoms with Gasteiger partial charge in [-0.2, -0.15) is 30.3 Å². The van der Waals surface area contributed by atoms with E-state index in [0.717, 1.165) is 0 Å². The van der Waals surface area contributed by atoms with Gasteiger partial charge in [0.15, 0.2) is 0 Å². The lowest BCUT2D eigenvalue weighted by molar-refractivity contribution is 0.0182. The lowest BCUT2D eigenvalue weighted by Crippen LogP contribution is -2.29. The minimum absolute atomic E-state index is 0.296. The largest absolute Gasteiger partial charge is 0.524 e. The molecule has 9 N–H and O–H groups in total. The fraction of sp³-hybridized carbons (Fsp3) is 1.00. The molecule has 0 fully saturated rings. The Balaban J connectivity index is 4.00. The van der Waals surface area contributed by atoms with Crippen LogP contribution in [-0.2, 0) is 18.4 Å². The fourth-order valence-electron chi connectivity index (χ4n) is 0.607. The Labute approximate surface area is 100.0 Å². The minimum Gasteiger partial charge on any atom is -0.329 e. The first-order valence-corrected chi connectivity index (χ1v) is 6.59. The maximum atomic E-state index is 11.9. The van der Waals surface area contributed by atoms with Crippen LogP contribution in [0.5, 0.6) is 0 Å². The molecule has 0 heterocycles. The Kier molecular flexibility index (Phi) is 10.9. The van der Waals surface area contributed by atoms with Gasteiger partial charge in [0.25, 0.3) is 0 Å². The maximum Gasteiger partial charge on any atom is 0.524 e. The van der Waals surface area contributed by atoms with Gasteiger partial charge in [-0.25, -0.2) is 4.57 Å². The van der Waals surface area contributed by atoms with Gasteiger partial charge in [-0.1, -0.05) is 0 Å². The number of nitrogens with two attached hydrogens (primary N) is 3. The van der Waals surface area contributed by atoms with Crippen molar-refractivity contribution < 1.29 is 18.4 Å². The van der Waals surface area contributed by atoms with Crippen LogP contribution in [0.2, 0.25) is 0 Å². The second-order valence-electron chi connectivity index (χ2n) is 2.77. The summed E-state index contributed by atoms with van der Waals surface area (Å²) >= 11 is 0. The molecule has 0 bridgehead atoms. The van der Waals surface area contributed by atoms with Crippen molar-refractivity contribution in [3.05, 3.63) is 0 Å². The average Bonchev–Trinajstić information content (AvgIpc) is 2.30. The lowest BCUT2D eigenvalue weighted by Gasteiger charge is -2.17. The van der Waals surface area contributed by atoms with Crippen LogP contribution in [0.25, 0.3) is 0 Å². The van der Waals surface area contributed by atoms with E-state index in [1.165, 1.54) is 0 Å². The summed E-state index contributed by atoms with van der Waals surface area (Å²) in [6.07, 6.45) is 0. The first kappa shape index (κ1) is 16.9. The molecule has 0 aliphatic rings. The number of rotatable bonds is 12. The summed E-state index contributed by atoms with van der Waals surface area (Å²) in [5, 5.41) is 0. The molecular formula is C6H21N6O4P. The van der Waals surface area contributed by atoms with E-state index < -0.39 is 7.82 Å². The molecule has 0 radical (unpaired) electrons. The molecule has 0 aromatic heterocycles. The summed E-state index contributed by atoms with van der Waals surface area (Å²) in [5.41, 5.74) is 22.7. The summed E-state index contributed by atoms with van der Waals surface area (Å²) in [7, 11) is -3.81. The normalized spacial score (nSPS) is 11.9. The van der Waals surface area contributed by atoms with Gasteiger partial charge in [0, 0.05) is 39.3 Å². The average molecular weight is 272 g/mol. The third kappa shape index (κ3) is 9.56. The molecule has 0 atom stereocenters. The molecule has 0 aromatic carbocycles. The predicted molar refractivity (Wildman–Crippen MR) is 62.0 cm³/mol. The number of phosphoric acid groups is 1. The van der Waals surface area contributed by atoms with Crippen molar-refractivity contribution in [3.8, 4) is 0 Å². The molecule has 0 aromatic rings. The Bertz CT molecular complexity index is 187. The zero-order valence-electron chi connectivity index (χ0n) is 9.55. The van der Waals surface area contributed by atoms with Gasteiger partial charge in [0.05, 0.1) is 0 Å². The molecule has 11 heteroatoms. The van der Waals surface area contributed by atoms with Crippen LogP contribution in [-0.4, -0.2) is 39.3 Å². The fourth-order valence-corrected chi connectivity index (χ4v) is 1.47. The SMILES string of the molecule is NCCNOP(=O)(ONCCN)ONCCN. The molecule has 0 spiro atoms. The number of hydrogen-bond acceptors (Lipinski definition) is 10. The molecular weight excluding hydrogens is 251 g/mol.